The molecule has 132 valence electrons. The van der Waals surface area contributed by atoms with Crippen molar-refractivity contribution in [2.45, 2.75) is 13.8 Å². The number of aryl methyl sites for hydroxylation is 2. The first-order valence-corrected chi connectivity index (χ1v) is 8.40. The van der Waals surface area contributed by atoms with Gasteiger partial charge in [0.1, 0.15) is 5.69 Å². The van der Waals surface area contributed by atoms with E-state index in [9.17, 15) is 9.59 Å². The molecule has 8 heteroatoms. The van der Waals surface area contributed by atoms with Crippen molar-refractivity contribution in [3.8, 4) is 5.82 Å². The normalized spacial score (nSPS) is 10.6. The molecule has 0 saturated carbocycles. The van der Waals surface area contributed by atoms with E-state index in [0.29, 0.717) is 22.6 Å². The van der Waals surface area contributed by atoms with E-state index in [1.807, 2.05) is 19.9 Å². The van der Waals surface area contributed by atoms with Crippen LogP contribution in [0.15, 0.2) is 36.5 Å². The molecule has 0 aliphatic rings. The van der Waals surface area contributed by atoms with Crippen molar-refractivity contribution in [2.75, 3.05) is 5.32 Å². The minimum absolute atomic E-state index is 0.119. The van der Waals surface area contributed by atoms with Gasteiger partial charge in [-0.1, -0.05) is 34.8 Å². The molecule has 3 aromatic rings. The lowest BCUT2D eigenvalue weighted by Crippen LogP contribution is -2.19. The number of aromatic nitrogens is 3. The van der Waals surface area contributed by atoms with Crippen LogP contribution in [-0.2, 0) is 0 Å². The van der Waals surface area contributed by atoms with E-state index in [1.165, 1.54) is 16.9 Å². The van der Waals surface area contributed by atoms with Gasteiger partial charge in [0, 0.05) is 17.8 Å². The van der Waals surface area contributed by atoms with Crippen LogP contribution in [0.4, 0.5) is 5.69 Å². The minimum Gasteiger partial charge on any atom is -0.320 e. The first-order chi connectivity index (χ1) is 12.4. The second-order valence-electron chi connectivity index (χ2n) is 5.69. The molecule has 3 rings (SSSR count). The van der Waals surface area contributed by atoms with E-state index in [-0.39, 0.29) is 16.7 Å². The number of hydrogen-bond acceptors (Lipinski definition) is 4. The summed E-state index contributed by atoms with van der Waals surface area (Å²) in [5.74, 6) is -0.205. The summed E-state index contributed by atoms with van der Waals surface area (Å²) in [4.78, 5) is 28.3. The van der Waals surface area contributed by atoms with Gasteiger partial charge in [-0.2, -0.15) is 5.10 Å². The van der Waals surface area contributed by atoms with Gasteiger partial charge in [0.15, 0.2) is 17.3 Å². The van der Waals surface area contributed by atoms with Crippen molar-refractivity contribution >= 4 is 41.1 Å². The molecule has 1 amide bonds. The number of aldehydes is 1. The molecule has 1 aromatic carbocycles. The zero-order valence-corrected chi connectivity index (χ0v) is 15.5. The summed E-state index contributed by atoms with van der Waals surface area (Å²) in [5, 5.41) is 7.28. The fourth-order valence-electron chi connectivity index (χ4n) is 2.65. The number of anilines is 1. The van der Waals surface area contributed by atoms with Crippen molar-refractivity contribution in [3.63, 3.8) is 0 Å². The topological polar surface area (TPSA) is 76.9 Å². The number of carbonyl (C=O) groups excluding carboxylic acids is 2. The van der Waals surface area contributed by atoms with Crippen molar-refractivity contribution in [3.05, 3.63) is 69.1 Å². The van der Waals surface area contributed by atoms with E-state index in [1.54, 1.807) is 18.2 Å². The Morgan fingerprint density at radius 3 is 2.69 bits per heavy atom. The highest BCUT2D eigenvalue weighted by molar-refractivity contribution is 6.32. The van der Waals surface area contributed by atoms with Gasteiger partial charge in [0.05, 0.1) is 10.7 Å². The molecule has 0 aliphatic carbocycles. The number of benzene rings is 1. The minimum atomic E-state index is -0.485. The van der Waals surface area contributed by atoms with Gasteiger partial charge in [0.2, 0.25) is 0 Å². The van der Waals surface area contributed by atoms with Crippen LogP contribution in [-0.4, -0.2) is 27.0 Å². The number of pyridine rings is 1. The summed E-state index contributed by atoms with van der Waals surface area (Å²) in [6.07, 6.45) is 2.24. The van der Waals surface area contributed by atoms with Crippen LogP contribution in [0.5, 0.6) is 0 Å². The predicted octanol–water partition coefficient (Wildman–Crippen LogP) is 4.26. The monoisotopic (exact) mass is 388 g/mol. The highest BCUT2D eigenvalue weighted by Crippen LogP contribution is 2.25. The zero-order chi connectivity index (χ0) is 18.8. The number of hydrogen-bond donors (Lipinski definition) is 1. The standard InChI is InChI=1S/C18H14Cl2N4O2/c1-10-6-11(2)16(12(7-10)9-25)22-18(26)14-8-15(20)23-24(14)17-13(19)4-3-5-21-17/h3-9H,1-2H3,(H,22,26). The fourth-order valence-corrected chi connectivity index (χ4v) is 3.03. The van der Waals surface area contributed by atoms with Gasteiger partial charge in [-0.15, -0.1) is 0 Å². The summed E-state index contributed by atoms with van der Waals surface area (Å²) in [6.45, 7) is 3.69. The fraction of sp³-hybridized carbons (Fsp3) is 0.111. The molecular weight excluding hydrogens is 375 g/mol. The Morgan fingerprint density at radius 1 is 1.23 bits per heavy atom. The molecule has 0 aliphatic heterocycles. The average molecular weight is 389 g/mol. The van der Waals surface area contributed by atoms with Gasteiger partial charge in [-0.3, -0.25) is 9.59 Å². The zero-order valence-electron chi connectivity index (χ0n) is 14.0. The summed E-state index contributed by atoms with van der Waals surface area (Å²) in [6, 6.07) is 8.29. The molecule has 0 unspecified atom stereocenters. The van der Waals surface area contributed by atoms with E-state index in [4.69, 9.17) is 23.2 Å². The van der Waals surface area contributed by atoms with Crippen LogP contribution >= 0.6 is 23.2 Å². The van der Waals surface area contributed by atoms with Crippen LogP contribution in [0.2, 0.25) is 10.2 Å². The maximum Gasteiger partial charge on any atom is 0.274 e. The number of halogens is 2. The first kappa shape index (κ1) is 18.1. The number of nitrogens with one attached hydrogen (secondary N) is 1. The Hall–Kier alpha value is -2.70. The lowest BCUT2D eigenvalue weighted by Gasteiger charge is -2.13. The quantitative estimate of drug-likeness (QED) is 0.677. The second-order valence-corrected chi connectivity index (χ2v) is 6.49. The smallest absolute Gasteiger partial charge is 0.274 e. The van der Waals surface area contributed by atoms with Gasteiger partial charge in [0.25, 0.3) is 5.91 Å². The number of nitrogens with zero attached hydrogens (tertiary/aromatic N) is 3. The predicted molar refractivity (Wildman–Crippen MR) is 101 cm³/mol. The third kappa shape index (κ3) is 3.47. The molecule has 2 heterocycles. The number of carbonyl (C=O) groups is 2. The molecule has 1 N–H and O–H groups in total. The Labute approximate surface area is 159 Å². The third-order valence-corrected chi connectivity index (χ3v) is 4.21. The largest absolute Gasteiger partial charge is 0.320 e. The van der Waals surface area contributed by atoms with Gasteiger partial charge >= 0.3 is 0 Å². The van der Waals surface area contributed by atoms with Gasteiger partial charge < -0.3 is 5.32 Å². The van der Waals surface area contributed by atoms with Gasteiger partial charge in [-0.25, -0.2) is 9.67 Å². The van der Waals surface area contributed by atoms with E-state index in [2.05, 4.69) is 15.4 Å². The Balaban J connectivity index is 2.03. The average Bonchev–Trinajstić information content (AvgIpc) is 2.99. The Bertz CT molecular complexity index is 1010. The van der Waals surface area contributed by atoms with E-state index < -0.39 is 5.91 Å². The Kier molecular flexibility index (Phi) is 5.06. The lowest BCUT2D eigenvalue weighted by atomic mass is 10.0. The van der Waals surface area contributed by atoms with Crippen LogP contribution < -0.4 is 5.32 Å². The summed E-state index contributed by atoms with van der Waals surface area (Å²) >= 11 is 12.1. The van der Waals surface area contributed by atoms with Crippen molar-refractivity contribution in [1.29, 1.82) is 0 Å². The summed E-state index contributed by atoms with van der Waals surface area (Å²) < 4.78 is 1.27. The van der Waals surface area contributed by atoms with Crippen LogP contribution in [0.1, 0.15) is 32.0 Å². The maximum atomic E-state index is 12.8. The molecule has 0 bridgehead atoms. The molecule has 26 heavy (non-hydrogen) atoms. The van der Waals surface area contributed by atoms with Crippen LogP contribution in [0.3, 0.4) is 0 Å². The van der Waals surface area contributed by atoms with E-state index >= 15 is 0 Å². The second kappa shape index (κ2) is 7.27. The number of amides is 1. The number of rotatable bonds is 4. The highest BCUT2D eigenvalue weighted by Gasteiger charge is 2.20. The highest BCUT2D eigenvalue weighted by atomic mass is 35.5. The van der Waals surface area contributed by atoms with Crippen molar-refractivity contribution in [2.24, 2.45) is 0 Å². The lowest BCUT2D eigenvalue weighted by molar-refractivity contribution is 0.101. The molecule has 2 aromatic heterocycles. The molecular formula is C18H14Cl2N4O2. The third-order valence-electron chi connectivity index (χ3n) is 3.73. The van der Waals surface area contributed by atoms with Gasteiger partial charge in [-0.05, 0) is 37.6 Å². The van der Waals surface area contributed by atoms with Crippen molar-refractivity contribution < 1.29 is 9.59 Å². The van der Waals surface area contributed by atoms with Crippen molar-refractivity contribution in [1.82, 2.24) is 14.8 Å². The maximum absolute atomic E-state index is 12.8. The van der Waals surface area contributed by atoms with Crippen LogP contribution in [0, 0.1) is 13.8 Å². The Morgan fingerprint density at radius 2 is 2.00 bits per heavy atom. The molecule has 0 fully saturated rings. The molecule has 0 atom stereocenters. The molecule has 0 spiro atoms. The summed E-state index contributed by atoms with van der Waals surface area (Å²) in [7, 11) is 0. The van der Waals surface area contributed by atoms with E-state index in [0.717, 1.165) is 11.1 Å². The van der Waals surface area contributed by atoms with Crippen LogP contribution in [0.25, 0.3) is 5.82 Å². The molecule has 0 radical (unpaired) electrons. The molecule has 0 saturated heterocycles. The summed E-state index contributed by atoms with van der Waals surface area (Å²) in [5.41, 5.74) is 2.67. The SMILES string of the molecule is Cc1cc(C)c(NC(=O)c2cc(Cl)nn2-c2ncccc2Cl)c(C=O)c1. The molecule has 6 nitrogen and oxygen atoms in total. The first-order valence-electron chi connectivity index (χ1n) is 7.65.